The van der Waals surface area contributed by atoms with E-state index in [1.54, 1.807) is 29.7 Å². The van der Waals surface area contributed by atoms with Gasteiger partial charge in [0, 0.05) is 6.20 Å². The molecule has 4 rings (SSSR count). The average molecular weight is 323 g/mol. The van der Waals surface area contributed by atoms with E-state index in [-0.39, 0.29) is 5.82 Å². The van der Waals surface area contributed by atoms with E-state index in [0.717, 1.165) is 12.0 Å². The van der Waals surface area contributed by atoms with Crippen LogP contribution in [0.3, 0.4) is 0 Å². The fourth-order valence-corrected chi connectivity index (χ4v) is 3.33. The first kappa shape index (κ1) is 14.8. The highest BCUT2D eigenvalue weighted by Gasteiger charge is 2.30. The molecule has 2 atom stereocenters. The fraction of sp³-hybridized carbons (Fsp3) is 0.278. The highest BCUT2D eigenvalue weighted by atomic mass is 16.5. The van der Waals surface area contributed by atoms with Crippen LogP contribution in [0, 0.1) is 11.8 Å². The summed E-state index contributed by atoms with van der Waals surface area (Å²) in [6, 6.07) is 11.6. The first-order valence-corrected chi connectivity index (χ1v) is 7.92. The van der Waals surface area contributed by atoms with E-state index in [4.69, 9.17) is 4.74 Å². The molecule has 2 heterocycles. The third kappa shape index (κ3) is 2.27. The summed E-state index contributed by atoms with van der Waals surface area (Å²) in [6.07, 6.45) is 2.18. The topological polar surface area (TPSA) is 76.2 Å². The summed E-state index contributed by atoms with van der Waals surface area (Å²) < 4.78 is 7.75. The van der Waals surface area contributed by atoms with E-state index >= 15 is 0 Å². The van der Waals surface area contributed by atoms with Crippen molar-refractivity contribution in [1.29, 1.82) is 0 Å². The number of ether oxygens (including phenoxy) is 1. The molecule has 0 aliphatic heterocycles. The second kappa shape index (κ2) is 5.72. The molecule has 24 heavy (non-hydrogen) atoms. The fourth-order valence-electron chi connectivity index (χ4n) is 3.33. The third-order valence-electron chi connectivity index (χ3n) is 4.52. The number of aromatic nitrogens is 2. The zero-order valence-electron chi connectivity index (χ0n) is 13.2. The Bertz CT molecular complexity index is 919. The van der Waals surface area contributed by atoms with Crippen molar-refractivity contribution in [3.63, 3.8) is 0 Å². The molecule has 0 fully saturated rings. The van der Waals surface area contributed by atoms with Crippen molar-refractivity contribution >= 4 is 11.5 Å². The van der Waals surface area contributed by atoms with E-state index in [9.17, 15) is 10.0 Å². The molecule has 122 valence electrons. The van der Waals surface area contributed by atoms with Crippen molar-refractivity contribution in [3.8, 4) is 5.75 Å². The summed E-state index contributed by atoms with van der Waals surface area (Å²) in [5.41, 5.74) is 3.26. The molecule has 1 aliphatic carbocycles. The van der Waals surface area contributed by atoms with E-state index in [1.165, 1.54) is 5.56 Å². The van der Waals surface area contributed by atoms with Crippen molar-refractivity contribution in [2.75, 3.05) is 0 Å². The summed E-state index contributed by atoms with van der Waals surface area (Å²) in [6.45, 7) is 1.73. The number of imidazole rings is 1. The van der Waals surface area contributed by atoms with E-state index in [2.05, 4.69) is 16.2 Å². The van der Waals surface area contributed by atoms with Gasteiger partial charge < -0.3 is 9.84 Å². The van der Waals surface area contributed by atoms with Crippen LogP contribution in [0.2, 0.25) is 0 Å². The van der Waals surface area contributed by atoms with Crippen LogP contribution < -0.4 is 4.74 Å². The highest BCUT2D eigenvalue weighted by molar-refractivity contribution is 5.60. The smallest absolute Gasteiger partial charge is 0.204 e. The summed E-state index contributed by atoms with van der Waals surface area (Å²) >= 11 is 0. The van der Waals surface area contributed by atoms with Gasteiger partial charge in [0.1, 0.15) is 6.10 Å². The van der Waals surface area contributed by atoms with Crippen LogP contribution in [-0.4, -0.2) is 20.6 Å². The molecule has 1 aromatic carbocycles. The molecule has 0 bridgehead atoms. The lowest BCUT2D eigenvalue weighted by Gasteiger charge is -2.30. The molecule has 0 spiro atoms. The van der Waals surface area contributed by atoms with Crippen LogP contribution >= 0.6 is 0 Å². The van der Waals surface area contributed by atoms with Gasteiger partial charge in [-0.3, -0.25) is 4.40 Å². The second-order valence-corrected chi connectivity index (χ2v) is 6.02. The molecule has 0 saturated carbocycles. The van der Waals surface area contributed by atoms with E-state index in [1.807, 2.05) is 18.2 Å². The van der Waals surface area contributed by atoms with Crippen LogP contribution in [-0.2, 0) is 6.42 Å². The molecule has 0 amide bonds. The second-order valence-electron chi connectivity index (χ2n) is 6.02. The first-order valence-electron chi connectivity index (χ1n) is 7.92. The minimum atomic E-state index is -0.583. The lowest BCUT2D eigenvalue weighted by atomic mass is 9.87. The van der Waals surface area contributed by atoms with Crippen LogP contribution in [0.5, 0.6) is 5.75 Å². The van der Waals surface area contributed by atoms with Gasteiger partial charge in [0.25, 0.3) is 0 Å². The zero-order valence-corrected chi connectivity index (χ0v) is 13.2. The van der Waals surface area contributed by atoms with Crippen LogP contribution in [0.1, 0.15) is 29.3 Å². The van der Waals surface area contributed by atoms with Gasteiger partial charge in [-0.05, 0) is 48.2 Å². The van der Waals surface area contributed by atoms with Crippen molar-refractivity contribution in [3.05, 3.63) is 64.3 Å². The number of aryl methyl sites for hydroxylation is 2. The number of hydrogen-bond donors (Lipinski definition) is 1. The Morgan fingerprint density at radius 3 is 2.96 bits per heavy atom. The largest absolute Gasteiger partial charge is 0.479 e. The number of fused-ring (bicyclic) bond motifs is 2. The SMILES string of the molecule is Cc1nc2c(OC3c4ccccc4CCC3O)cccn2c1N=O. The first-order chi connectivity index (χ1) is 11.7. The number of hydrogen-bond acceptors (Lipinski definition) is 5. The zero-order chi connectivity index (χ0) is 16.7. The number of nitrogens with zero attached hydrogens (tertiary/aromatic N) is 3. The van der Waals surface area contributed by atoms with E-state index < -0.39 is 12.2 Å². The Morgan fingerprint density at radius 2 is 2.12 bits per heavy atom. The Balaban J connectivity index is 1.79. The maximum Gasteiger partial charge on any atom is 0.204 e. The average Bonchev–Trinajstić information content (AvgIpc) is 2.93. The number of nitroso groups, excluding NO2 is 1. The van der Waals surface area contributed by atoms with Crippen LogP contribution in [0.4, 0.5) is 5.82 Å². The Morgan fingerprint density at radius 1 is 1.29 bits per heavy atom. The monoisotopic (exact) mass is 323 g/mol. The lowest BCUT2D eigenvalue weighted by molar-refractivity contribution is 0.0234. The summed E-state index contributed by atoms with van der Waals surface area (Å²) in [7, 11) is 0. The molecule has 6 nitrogen and oxygen atoms in total. The molecule has 1 N–H and O–H groups in total. The molecule has 0 saturated heterocycles. The van der Waals surface area contributed by atoms with Gasteiger partial charge >= 0.3 is 0 Å². The number of aliphatic hydroxyl groups is 1. The summed E-state index contributed by atoms with van der Waals surface area (Å²) in [5.74, 6) is 0.788. The van der Waals surface area contributed by atoms with Gasteiger partial charge in [0.15, 0.2) is 11.4 Å². The van der Waals surface area contributed by atoms with Gasteiger partial charge in [0.05, 0.1) is 11.8 Å². The van der Waals surface area contributed by atoms with Gasteiger partial charge in [-0.1, -0.05) is 24.3 Å². The highest BCUT2D eigenvalue weighted by Crippen LogP contribution is 2.36. The number of pyridine rings is 1. The summed E-state index contributed by atoms with van der Waals surface area (Å²) in [4.78, 5) is 15.4. The summed E-state index contributed by atoms with van der Waals surface area (Å²) in [5, 5.41) is 13.5. The number of benzene rings is 1. The molecule has 2 aromatic heterocycles. The predicted molar refractivity (Wildman–Crippen MR) is 89.5 cm³/mol. The van der Waals surface area contributed by atoms with Gasteiger partial charge in [0.2, 0.25) is 5.82 Å². The van der Waals surface area contributed by atoms with Gasteiger partial charge in [-0.25, -0.2) is 4.98 Å². The molecule has 3 aromatic rings. The normalized spacial score (nSPS) is 19.9. The van der Waals surface area contributed by atoms with Crippen LogP contribution in [0.25, 0.3) is 5.65 Å². The van der Waals surface area contributed by atoms with Crippen LogP contribution in [0.15, 0.2) is 47.8 Å². The van der Waals surface area contributed by atoms with Gasteiger partial charge in [-0.2, -0.15) is 0 Å². The third-order valence-corrected chi connectivity index (χ3v) is 4.52. The molecular formula is C18H17N3O3. The standard InChI is InChI=1S/C18H17N3O3/c1-11-17(20-23)21-10-4-7-15(18(21)19-11)24-16-13-6-3-2-5-12(13)8-9-14(16)22/h2-7,10,14,16,22H,8-9H2,1H3. The number of aliphatic hydroxyl groups excluding tert-OH is 1. The van der Waals surface area contributed by atoms with Crippen molar-refractivity contribution < 1.29 is 9.84 Å². The van der Waals surface area contributed by atoms with Crippen molar-refractivity contribution in [2.24, 2.45) is 5.18 Å². The molecule has 0 radical (unpaired) electrons. The van der Waals surface area contributed by atoms with E-state index in [0.29, 0.717) is 23.5 Å². The van der Waals surface area contributed by atoms with Gasteiger partial charge in [-0.15, -0.1) is 4.91 Å². The quantitative estimate of drug-likeness (QED) is 0.749. The maximum absolute atomic E-state index is 11.0. The lowest BCUT2D eigenvalue weighted by Crippen LogP contribution is -2.29. The molecule has 6 heteroatoms. The van der Waals surface area contributed by atoms with Crippen molar-refractivity contribution in [1.82, 2.24) is 9.38 Å². The molecule has 1 aliphatic rings. The number of rotatable bonds is 3. The Hall–Kier alpha value is -2.73. The Kier molecular flexibility index (Phi) is 3.54. The predicted octanol–water partition coefficient (Wildman–Crippen LogP) is 3.47. The Labute approximate surface area is 138 Å². The minimum Gasteiger partial charge on any atom is -0.479 e. The molecule has 2 unspecified atom stereocenters. The minimum absolute atomic E-state index is 0.264. The maximum atomic E-state index is 11.0. The van der Waals surface area contributed by atoms with Crippen molar-refractivity contribution in [2.45, 2.75) is 32.0 Å². The molecular weight excluding hydrogens is 306 g/mol.